The molecule has 0 aliphatic carbocycles. The molecule has 0 saturated carbocycles. The summed E-state index contributed by atoms with van der Waals surface area (Å²) in [5, 5.41) is 13.0. The van der Waals surface area contributed by atoms with E-state index in [4.69, 9.17) is 28.9 Å². The minimum absolute atomic E-state index is 0.0369. The maximum Gasteiger partial charge on any atom is 0.525 e. The van der Waals surface area contributed by atoms with Crippen LogP contribution < -0.4 is 4.74 Å². The summed E-state index contributed by atoms with van der Waals surface area (Å²) in [6.07, 6.45) is 4.31. The Morgan fingerprint density at radius 2 is 1.75 bits per heavy atom. The Hall–Kier alpha value is -3.17. The Kier molecular flexibility index (Phi) is 10.3. The lowest BCUT2D eigenvalue weighted by Crippen LogP contribution is -2.44. The van der Waals surface area contributed by atoms with Gasteiger partial charge in [-0.05, 0) is 78.6 Å². The Labute approximate surface area is 235 Å². The van der Waals surface area contributed by atoms with Crippen molar-refractivity contribution in [3.05, 3.63) is 77.9 Å². The van der Waals surface area contributed by atoms with Crippen LogP contribution in [0.5, 0.6) is 5.75 Å². The summed E-state index contributed by atoms with van der Waals surface area (Å²) in [6.45, 7) is 3.45. The first-order valence-corrected chi connectivity index (χ1v) is 14.3. The molecule has 0 spiro atoms. The lowest BCUT2D eigenvalue weighted by molar-refractivity contribution is -0.166. The van der Waals surface area contributed by atoms with Crippen LogP contribution in [0.1, 0.15) is 55.6 Å². The maximum absolute atomic E-state index is 11.2. The van der Waals surface area contributed by atoms with Gasteiger partial charge in [0, 0.05) is 25.7 Å². The second-order valence-electron chi connectivity index (χ2n) is 10.5. The SMILES string of the molecule is O=C(O)ON1CCC(c2ccc(OCCCCOC3CCCCO3)cc2)C(OCc2ccc3ccccc3c2)C1. The van der Waals surface area contributed by atoms with Crippen molar-refractivity contribution in [2.75, 3.05) is 32.9 Å². The second-order valence-corrected chi connectivity index (χ2v) is 10.5. The molecule has 3 aromatic rings. The fraction of sp³-hybridized carbons (Fsp3) is 0.469. The van der Waals surface area contributed by atoms with Gasteiger partial charge in [0.25, 0.3) is 0 Å². The molecule has 2 aliphatic rings. The average Bonchev–Trinajstić information content (AvgIpc) is 2.98. The molecule has 5 rings (SSSR count). The van der Waals surface area contributed by atoms with Gasteiger partial charge in [-0.15, -0.1) is 5.06 Å². The number of hydrogen-bond donors (Lipinski definition) is 1. The Morgan fingerprint density at radius 3 is 2.55 bits per heavy atom. The largest absolute Gasteiger partial charge is 0.525 e. The lowest BCUT2D eigenvalue weighted by atomic mass is 9.87. The van der Waals surface area contributed by atoms with E-state index in [1.54, 1.807) is 0 Å². The summed E-state index contributed by atoms with van der Waals surface area (Å²) in [5.74, 6) is 0.947. The highest BCUT2D eigenvalue weighted by Crippen LogP contribution is 2.32. The van der Waals surface area contributed by atoms with Gasteiger partial charge in [0.15, 0.2) is 6.29 Å². The fourth-order valence-corrected chi connectivity index (χ4v) is 5.43. The molecule has 0 aromatic heterocycles. The van der Waals surface area contributed by atoms with Gasteiger partial charge < -0.3 is 28.9 Å². The minimum atomic E-state index is -1.30. The third kappa shape index (κ3) is 8.17. The number of benzene rings is 3. The first-order valence-electron chi connectivity index (χ1n) is 14.3. The average molecular weight is 550 g/mol. The Bertz CT molecular complexity index is 1210. The highest BCUT2D eigenvalue weighted by molar-refractivity contribution is 5.82. The van der Waals surface area contributed by atoms with Gasteiger partial charge in [-0.1, -0.05) is 48.5 Å². The van der Waals surface area contributed by atoms with Crippen LogP contribution in [0.15, 0.2) is 66.7 Å². The van der Waals surface area contributed by atoms with Crippen molar-refractivity contribution in [3.8, 4) is 5.75 Å². The Morgan fingerprint density at radius 1 is 0.925 bits per heavy atom. The number of rotatable bonds is 12. The number of ether oxygens (including phenoxy) is 4. The molecule has 214 valence electrons. The van der Waals surface area contributed by atoms with Crippen LogP contribution in [0.4, 0.5) is 4.79 Å². The van der Waals surface area contributed by atoms with Crippen LogP contribution in [0.2, 0.25) is 0 Å². The summed E-state index contributed by atoms with van der Waals surface area (Å²) < 4.78 is 23.8. The normalized spacial score (nSPS) is 21.8. The van der Waals surface area contributed by atoms with Gasteiger partial charge in [-0.25, -0.2) is 4.79 Å². The van der Waals surface area contributed by atoms with Gasteiger partial charge >= 0.3 is 6.16 Å². The second kappa shape index (κ2) is 14.5. The van der Waals surface area contributed by atoms with E-state index in [1.807, 2.05) is 24.3 Å². The van der Waals surface area contributed by atoms with Crippen molar-refractivity contribution >= 4 is 16.9 Å². The number of unbranched alkanes of at least 4 members (excludes halogenated alkanes) is 1. The van der Waals surface area contributed by atoms with E-state index in [9.17, 15) is 4.79 Å². The number of hydroxylamine groups is 2. The molecule has 2 fully saturated rings. The van der Waals surface area contributed by atoms with Gasteiger partial charge in [0.1, 0.15) is 5.75 Å². The van der Waals surface area contributed by atoms with E-state index in [-0.39, 0.29) is 18.3 Å². The first kappa shape index (κ1) is 28.4. The van der Waals surface area contributed by atoms with Gasteiger partial charge in [-0.3, -0.25) is 0 Å². The van der Waals surface area contributed by atoms with Crippen LogP contribution in [-0.4, -0.2) is 61.6 Å². The first-order chi connectivity index (χ1) is 19.6. The molecule has 0 amide bonds. The molecular formula is C32H39NO7. The number of nitrogens with zero attached hydrogens (tertiary/aromatic N) is 1. The van der Waals surface area contributed by atoms with Crippen molar-refractivity contribution in [2.45, 2.75) is 63.4 Å². The third-order valence-electron chi connectivity index (χ3n) is 7.56. The fourth-order valence-electron chi connectivity index (χ4n) is 5.43. The summed E-state index contributed by atoms with van der Waals surface area (Å²) in [5.41, 5.74) is 2.22. The van der Waals surface area contributed by atoms with Gasteiger partial charge in [-0.2, -0.15) is 0 Å². The predicted octanol–water partition coefficient (Wildman–Crippen LogP) is 6.53. The van der Waals surface area contributed by atoms with Gasteiger partial charge in [0.05, 0.1) is 25.9 Å². The van der Waals surface area contributed by atoms with E-state index >= 15 is 0 Å². The molecule has 2 aliphatic heterocycles. The standard InChI is InChI=1S/C32H39NO7/c34-32(35)40-33-17-16-29(30(22-33)39-23-24-10-11-25-7-1-2-8-27(25)21-24)26-12-14-28(15-13-26)36-18-5-6-20-38-31-9-3-4-19-37-31/h1-2,7-8,10-15,21,29-31H,3-6,9,16-20,22-23H2,(H,34,35). The highest BCUT2D eigenvalue weighted by atomic mass is 16.8. The zero-order chi connectivity index (χ0) is 27.6. The van der Waals surface area contributed by atoms with Crippen LogP contribution >= 0.6 is 0 Å². The molecule has 3 atom stereocenters. The minimum Gasteiger partial charge on any atom is -0.494 e. The van der Waals surface area contributed by atoms with Crippen molar-refractivity contribution in [1.29, 1.82) is 0 Å². The highest BCUT2D eigenvalue weighted by Gasteiger charge is 2.33. The van der Waals surface area contributed by atoms with Crippen LogP contribution in [-0.2, 0) is 25.7 Å². The summed E-state index contributed by atoms with van der Waals surface area (Å²) >= 11 is 0. The third-order valence-corrected chi connectivity index (χ3v) is 7.56. The predicted molar refractivity (Wildman–Crippen MR) is 151 cm³/mol. The van der Waals surface area contributed by atoms with Crippen molar-refractivity contribution in [3.63, 3.8) is 0 Å². The molecular weight excluding hydrogens is 510 g/mol. The number of carbonyl (C=O) groups is 1. The number of hydrogen-bond acceptors (Lipinski definition) is 7. The lowest BCUT2D eigenvalue weighted by Gasteiger charge is -2.37. The van der Waals surface area contributed by atoms with E-state index < -0.39 is 6.16 Å². The van der Waals surface area contributed by atoms with Crippen LogP contribution in [0.25, 0.3) is 10.8 Å². The van der Waals surface area contributed by atoms with Crippen LogP contribution in [0.3, 0.4) is 0 Å². The molecule has 8 heteroatoms. The Balaban J connectivity index is 1.13. The van der Waals surface area contributed by atoms with E-state index in [0.717, 1.165) is 55.6 Å². The van der Waals surface area contributed by atoms with Crippen molar-refractivity contribution in [2.24, 2.45) is 0 Å². The smallest absolute Gasteiger partial charge is 0.494 e. The molecule has 3 unspecified atom stereocenters. The topological polar surface area (TPSA) is 86.7 Å². The summed E-state index contributed by atoms with van der Waals surface area (Å²) in [6, 6.07) is 22.7. The number of fused-ring (bicyclic) bond motifs is 1. The zero-order valence-electron chi connectivity index (χ0n) is 22.9. The van der Waals surface area contributed by atoms with Crippen molar-refractivity contribution < 1.29 is 33.7 Å². The van der Waals surface area contributed by atoms with Crippen LogP contribution in [0, 0.1) is 0 Å². The monoisotopic (exact) mass is 549 g/mol. The molecule has 40 heavy (non-hydrogen) atoms. The number of piperidine rings is 1. The molecule has 8 nitrogen and oxygen atoms in total. The molecule has 0 radical (unpaired) electrons. The van der Waals surface area contributed by atoms with Crippen molar-refractivity contribution in [1.82, 2.24) is 5.06 Å². The molecule has 1 N–H and O–H groups in total. The molecule has 0 bridgehead atoms. The quantitative estimate of drug-likeness (QED) is 0.255. The summed E-state index contributed by atoms with van der Waals surface area (Å²) in [7, 11) is 0. The molecule has 3 aromatic carbocycles. The molecule has 2 heterocycles. The van der Waals surface area contributed by atoms with E-state index in [1.165, 1.54) is 22.3 Å². The van der Waals surface area contributed by atoms with E-state index in [2.05, 4.69) is 42.5 Å². The zero-order valence-corrected chi connectivity index (χ0v) is 22.9. The summed E-state index contributed by atoms with van der Waals surface area (Å²) in [4.78, 5) is 16.1. The van der Waals surface area contributed by atoms with E-state index in [0.29, 0.717) is 32.9 Å². The molecule has 2 saturated heterocycles. The maximum atomic E-state index is 11.2. The number of carboxylic acid groups (broad SMARTS) is 1. The van der Waals surface area contributed by atoms with Gasteiger partial charge in [0.2, 0.25) is 0 Å².